The lowest BCUT2D eigenvalue weighted by atomic mass is 9.97. The van der Waals surface area contributed by atoms with Crippen LogP contribution in [0.2, 0.25) is 0 Å². The molecular formula is C17H23NO3. The third kappa shape index (κ3) is 2.91. The van der Waals surface area contributed by atoms with Crippen molar-refractivity contribution in [1.82, 2.24) is 4.90 Å². The predicted molar refractivity (Wildman–Crippen MR) is 80.9 cm³/mol. The van der Waals surface area contributed by atoms with Gasteiger partial charge in [0, 0.05) is 32.0 Å². The van der Waals surface area contributed by atoms with Gasteiger partial charge in [-0.25, -0.2) is 0 Å². The lowest BCUT2D eigenvalue weighted by molar-refractivity contribution is -0.121. The topological polar surface area (TPSA) is 38.8 Å². The van der Waals surface area contributed by atoms with Crippen molar-refractivity contribution in [3.63, 3.8) is 0 Å². The van der Waals surface area contributed by atoms with Crippen molar-refractivity contribution in [3.8, 4) is 11.5 Å². The molecule has 4 nitrogen and oxygen atoms in total. The van der Waals surface area contributed by atoms with E-state index in [4.69, 9.17) is 9.47 Å². The molecule has 0 aromatic heterocycles. The third-order valence-corrected chi connectivity index (χ3v) is 4.71. The average Bonchev–Trinajstić information content (AvgIpc) is 2.91. The Morgan fingerprint density at radius 1 is 1.14 bits per heavy atom. The molecule has 4 heteroatoms. The van der Waals surface area contributed by atoms with Crippen LogP contribution in [-0.4, -0.2) is 38.0 Å². The number of hydrogen-bond donors (Lipinski definition) is 0. The Morgan fingerprint density at radius 3 is 2.48 bits per heavy atom. The van der Waals surface area contributed by atoms with Crippen LogP contribution < -0.4 is 9.47 Å². The highest BCUT2D eigenvalue weighted by atomic mass is 16.5. The normalized spacial score (nSPS) is 22.2. The van der Waals surface area contributed by atoms with E-state index < -0.39 is 0 Å². The molecule has 0 saturated heterocycles. The molecule has 0 amide bonds. The summed E-state index contributed by atoms with van der Waals surface area (Å²) in [7, 11) is 3.34. The van der Waals surface area contributed by atoms with Crippen molar-refractivity contribution < 1.29 is 14.3 Å². The summed E-state index contributed by atoms with van der Waals surface area (Å²) in [4.78, 5) is 14.2. The summed E-state index contributed by atoms with van der Waals surface area (Å²) < 4.78 is 10.8. The highest BCUT2D eigenvalue weighted by Gasteiger charge is 2.28. The molecule has 2 aliphatic rings. The maximum absolute atomic E-state index is 11.8. The molecule has 1 aliphatic heterocycles. The zero-order chi connectivity index (χ0) is 14.8. The van der Waals surface area contributed by atoms with Gasteiger partial charge in [-0.15, -0.1) is 0 Å². The van der Waals surface area contributed by atoms with Crippen LogP contribution in [0.5, 0.6) is 11.5 Å². The monoisotopic (exact) mass is 289 g/mol. The minimum atomic E-state index is 0.256. The fourth-order valence-corrected chi connectivity index (χ4v) is 3.49. The molecule has 0 N–H and O–H groups in total. The molecule has 21 heavy (non-hydrogen) atoms. The highest BCUT2D eigenvalue weighted by molar-refractivity contribution is 5.83. The van der Waals surface area contributed by atoms with E-state index in [-0.39, 0.29) is 5.92 Å². The predicted octanol–water partition coefficient (Wildman–Crippen LogP) is 2.43. The Bertz CT molecular complexity index is 541. The molecular weight excluding hydrogens is 266 g/mol. The lowest BCUT2D eigenvalue weighted by Gasteiger charge is -2.31. The Hall–Kier alpha value is -1.55. The van der Waals surface area contributed by atoms with E-state index in [1.807, 2.05) is 0 Å². The molecule has 0 bridgehead atoms. The Morgan fingerprint density at radius 2 is 1.86 bits per heavy atom. The summed E-state index contributed by atoms with van der Waals surface area (Å²) in [6.45, 7) is 2.83. The number of rotatable bonds is 4. The highest BCUT2D eigenvalue weighted by Crippen LogP contribution is 2.34. The van der Waals surface area contributed by atoms with Gasteiger partial charge in [-0.1, -0.05) is 0 Å². The Labute approximate surface area is 126 Å². The van der Waals surface area contributed by atoms with Gasteiger partial charge in [0.25, 0.3) is 0 Å². The fraction of sp³-hybridized carbons (Fsp3) is 0.588. The van der Waals surface area contributed by atoms with Gasteiger partial charge in [-0.3, -0.25) is 9.69 Å². The fourth-order valence-electron chi connectivity index (χ4n) is 3.49. The first kappa shape index (κ1) is 14.4. The molecule has 1 atom stereocenters. The van der Waals surface area contributed by atoms with Gasteiger partial charge in [0.1, 0.15) is 5.78 Å². The minimum absolute atomic E-state index is 0.256. The van der Waals surface area contributed by atoms with Crippen molar-refractivity contribution in [2.75, 3.05) is 27.3 Å². The molecule has 1 aliphatic carbocycles. The number of carbonyl (C=O) groups is 1. The van der Waals surface area contributed by atoms with Crippen molar-refractivity contribution in [3.05, 3.63) is 23.3 Å². The van der Waals surface area contributed by atoms with Crippen LogP contribution in [-0.2, 0) is 17.8 Å². The largest absolute Gasteiger partial charge is 0.493 e. The number of ketones is 1. The van der Waals surface area contributed by atoms with Crippen molar-refractivity contribution >= 4 is 5.78 Å². The molecule has 3 rings (SSSR count). The van der Waals surface area contributed by atoms with Crippen LogP contribution in [0.3, 0.4) is 0 Å². The van der Waals surface area contributed by atoms with Gasteiger partial charge >= 0.3 is 0 Å². The van der Waals surface area contributed by atoms with Crippen molar-refractivity contribution in [1.29, 1.82) is 0 Å². The van der Waals surface area contributed by atoms with Gasteiger partial charge in [-0.05, 0) is 42.5 Å². The third-order valence-electron chi connectivity index (χ3n) is 4.71. The molecule has 1 unspecified atom stereocenters. The molecule has 1 aromatic rings. The number of ether oxygens (including phenoxy) is 2. The van der Waals surface area contributed by atoms with Crippen molar-refractivity contribution in [2.45, 2.75) is 32.2 Å². The molecule has 1 saturated carbocycles. The number of carbonyl (C=O) groups excluding carboxylic acids is 1. The second-order valence-corrected chi connectivity index (χ2v) is 6.02. The second-order valence-electron chi connectivity index (χ2n) is 6.02. The molecule has 0 spiro atoms. The summed E-state index contributed by atoms with van der Waals surface area (Å²) in [5, 5.41) is 0. The summed E-state index contributed by atoms with van der Waals surface area (Å²) in [6.07, 6.45) is 3.92. The Balaban J connectivity index is 1.74. The quantitative estimate of drug-likeness (QED) is 0.853. The van der Waals surface area contributed by atoms with Crippen LogP contribution in [0.25, 0.3) is 0 Å². The first-order valence-electron chi connectivity index (χ1n) is 7.70. The number of Topliss-reactive ketones (excluding diaryl/α,β-unsaturated/α-hetero) is 1. The van der Waals surface area contributed by atoms with Gasteiger partial charge in [-0.2, -0.15) is 0 Å². The van der Waals surface area contributed by atoms with Crippen LogP contribution >= 0.6 is 0 Å². The standard InChI is InChI=1S/C17H23NO3/c1-20-16-8-12-6-7-18(10-13-4-3-5-15(13)19)11-14(12)9-17(16)21-2/h8-9,13H,3-7,10-11H2,1-2H3. The van der Waals surface area contributed by atoms with E-state index in [9.17, 15) is 4.79 Å². The Kier molecular flexibility index (Phi) is 4.15. The number of fused-ring (bicyclic) bond motifs is 1. The summed E-state index contributed by atoms with van der Waals surface area (Å²) in [5.74, 6) is 2.30. The van der Waals surface area contributed by atoms with E-state index in [2.05, 4.69) is 17.0 Å². The van der Waals surface area contributed by atoms with Gasteiger partial charge in [0.2, 0.25) is 0 Å². The van der Waals surface area contributed by atoms with Gasteiger partial charge < -0.3 is 9.47 Å². The summed E-state index contributed by atoms with van der Waals surface area (Å²) in [5.41, 5.74) is 2.63. The summed E-state index contributed by atoms with van der Waals surface area (Å²) in [6, 6.07) is 4.17. The first-order chi connectivity index (χ1) is 10.2. The van der Waals surface area contributed by atoms with E-state index in [1.54, 1.807) is 14.2 Å². The summed E-state index contributed by atoms with van der Waals surface area (Å²) >= 11 is 0. The zero-order valence-corrected chi connectivity index (χ0v) is 12.9. The van der Waals surface area contributed by atoms with Gasteiger partial charge in [0.05, 0.1) is 14.2 Å². The first-order valence-corrected chi connectivity index (χ1v) is 7.70. The average molecular weight is 289 g/mol. The number of benzene rings is 1. The lowest BCUT2D eigenvalue weighted by Crippen LogP contribution is -2.35. The maximum Gasteiger partial charge on any atom is 0.161 e. The van der Waals surface area contributed by atoms with E-state index >= 15 is 0 Å². The van der Waals surface area contributed by atoms with E-state index in [0.717, 1.165) is 56.8 Å². The number of methoxy groups -OCH3 is 2. The van der Waals surface area contributed by atoms with Crippen LogP contribution in [0.15, 0.2) is 12.1 Å². The van der Waals surface area contributed by atoms with Crippen LogP contribution in [0.4, 0.5) is 0 Å². The van der Waals surface area contributed by atoms with E-state index in [1.165, 1.54) is 11.1 Å². The molecule has 1 aromatic carbocycles. The van der Waals surface area contributed by atoms with Gasteiger partial charge in [0.15, 0.2) is 11.5 Å². The van der Waals surface area contributed by atoms with Crippen LogP contribution in [0, 0.1) is 5.92 Å². The molecule has 1 heterocycles. The molecule has 114 valence electrons. The molecule has 0 radical (unpaired) electrons. The smallest absolute Gasteiger partial charge is 0.161 e. The number of hydrogen-bond acceptors (Lipinski definition) is 4. The zero-order valence-electron chi connectivity index (χ0n) is 12.9. The second kappa shape index (κ2) is 6.06. The SMILES string of the molecule is COc1cc2c(cc1OC)CN(CC1CCCC1=O)CC2. The minimum Gasteiger partial charge on any atom is -0.493 e. The maximum atomic E-state index is 11.8. The van der Waals surface area contributed by atoms with Crippen LogP contribution in [0.1, 0.15) is 30.4 Å². The van der Waals surface area contributed by atoms with Crippen molar-refractivity contribution in [2.24, 2.45) is 5.92 Å². The van der Waals surface area contributed by atoms with E-state index in [0.29, 0.717) is 5.78 Å². The number of nitrogens with zero attached hydrogens (tertiary/aromatic N) is 1. The molecule has 1 fully saturated rings.